The first-order chi connectivity index (χ1) is 15.1. The van der Waals surface area contributed by atoms with Crippen molar-refractivity contribution in [3.63, 3.8) is 0 Å². The lowest BCUT2D eigenvalue weighted by atomic mass is 10.3. The van der Waals surface area contributed by atoms with Crippen LogP contribution in [0.1, 0.15) is 37.4 Å². The molecule has 0 saturated carbocycles. The molecular weight excluding hydrogens is 470 g/mol. The number of nitrogens with one attached hydrogen (secondary N) is 2. The van der Waals surface area contributed by atoms with Crippen LogP contribution in [0.2, 0.25) is 0 Å². The van der Waals surface area contributed by atoms with Gasteiger partial charge in [-0.1, -0.05) is 20.3 Å². The van der Waals surface area contributed by atoms with Gasteiger partial charge in [0.25, 0.3) is 10.0 Å². The fourth-order valence-electron chi connectivity index (χ4n) is 2.19. The van der Waals surface area contributed by atoms with Crippen LogP contribution in [0.5, 0.6) is 5.75 Å². The smallest absolute Gasteiger partial charge is 0.255 e. The second kappa shape index (κ2) is 12.4. The molecule has 32 heavy (non-hydrogen) atoms. The average molecular weight is 500 g/mol. The highest BCUT2D eigenvalue weighted by Crippen LogP contribution is 2.40. The molecule has 3 rings (SSSR count). The molecular formula is C20H29N5O4S3. The maximum Gasteiger partial charge on any atom is 0.255 e. The lowest BCUT2D eigenvalue weighted by molar-refractivity contribution is 0.460. The van der Waals surface area contributed by atoms with Gasteiger partial charge in [0.1, 0.15) is 11.5 Å². The Morgan fingerprint density at radius 3 is 2.31 bits per heavy atom. The molecule has 3 N–H and O–H groups in total. The van der Waals surface area contributed by atoms with Crippen molar-refractivity contribution >= 4 is 50.4 Å². The molecule has 0 radical (unpaired) electrons. The minimum absolute atomic E-state index is 0.130. The Bertz CT molecular complexity index is 1090. The minimum atomic E-state index is -3.72. The van der Waals surface area contributed by atoms with E-state index in [2.05, 4.69) is 46.1 Å². The molecule has 0 saturated heterocycles. The summed E-state index contributed by atoms with van der Waals surface area (Å²) >= 11 is 1.92. The van der Waals surface area contributed by atoms with Gasteiger partial charge in [0.15, 0.2) is 21.6 Å². The minimum Gasteiger partial charge on any atom is -0.504 e. The lowest BCUT2D eigenvalue weighted by Gasteiger charge is -2.10. The van der Waals surface area contributed by atoms with Gasteiger partial charge in [0, 0.05) is 19.5 Å². The molecule has 176 valence electrons. The standard InChI is InChI=1S/C15H19N5O4S3.C3H8.C2H2/c1-8-5-10(24-9(8)2)6-16-13-14(19-26-18-13)17-11-7-25-15(12(11)21)27(22,23)20(3)4;1-3-2;1-2/h5,7,21H,6H2,1-4H3,(H,16,18)(H,17,19);3H2,1-2H3;1-2H. The van der Waals surface area contributed by atoms with E-state index >= 15 is 0 Å². The highest BCUT2D eigenvalue weighted by molar-refractivity contribution is 7.91. The van der Waals surface area contributed by atoms with E-state index in [0.29, 0.717) is 18.2 Å². The number of nitrogens with zero attached hydrogens (tertiary/aromatic N) is 3. The normalized spacial score (nSPS) is 10.7. The van der Waals surface area contributed by atoms with Gasteiger partial charge in [0.05, 0.1) is 24.0 Å². The Balaban J connectivity index is 0.000000944. The van der Waals surface area contributed by atoms with E-state index in [9.17, 15) is 13.5 Å². The first-order valence-electron chi connectivity index (χ1n) is 9.57. The van der Waals surface area contributed by atoms with Crippen molar-refractivity contribution in [2.24, 2.45) is 0 Å². The molecule has 0 aliphatic rings. The van der Waals surface area contributed by atoms with E-state index in [0.717, 1.165) is 44.5 Å². The summed E-state index contributed by atoms with van der Waals surface area (Å²) in [6.07, 6.45) is 9.25. The quantitative estimate of drug-likeness (QED) is 0.397. The molecule has 9 nitrogen and oxygen atoms in total. The summed E-state index contributed by atoms with van der Waals surface area (Å²) in [5.41, 5.74) is 1.32. The summed E-state index contributed by atoms with van der Waals surface area (Å²) in [6.45, 7) is 8.54. The molecule has 0 aliphatic heterocycles. The summed E-state index contributed by atoms with van der Waals surface area (Å²) in [5.74, 6) is 2.15. The van der Waals surface area contributed by atoms with Crippen molar-refractivity contribution in [1.29, 1.82) is 0 Å². The van der Waals surface area contributed by atoms with Crippen LogP contribution in [-0.4, -0.2) is 40.7 Å². The topological polar surface area (TPSA) is 121 Å². The fourth-order valence-corrected chi connectivity index (χ4v) is 5.06. The number of thiophene rings is 1. The summed E-state index contributed by atoms with van der Waals surface area (Å²) in [4.78, 5) is 0. The number of anilines is 3. The molecule has 0 spiro atoms. The second-order valence-electron chi connectivity index (χ2n) is 6.67. The third-order valence-electron chi connectivity index (χ3n) is 3.84. The predicted molar refractivity (Wildman–Crippen MR) is 131 cm³/mol. The Kier molecular flexibility index (Phi) is 10.7. The van der Waals surface area contributed by atoms with Gasteiger partial charge in [-0.25, -0.2) is 12.7 Å². The Morgan fingerprint density at radius 1 is 1.19 bits per heavy atom. The number of aryl methyl sites for hydroxylation is 2. The lowest BCUT2D eigenvalue weighted by Crippen LogP contribution is -2.21. The van der Waals surface area contributed by atoms with Gasteiger partial charge in [-0.15, -0.1) is 24.2 Å². The van der Waals surface area contributed by atoms with E-state index in [1.807, 2.05) is 19.9 Å². The number of terminal acetylenes is 1. The zero-order chi connectivity index (χ0) is 24.5. The molecule has 0 atom stereocenters. The number of furan rings is 1. The van der Waals surface area contributed by atoms with Crippen molar-refractivity contribution in [1.82, 2.24) is 13.1 Å². The van der Waals surface area contributed by atoms with Gasteiger partial charge in [0.2, 0.25) is 0 Å². The second-order valence-corrected chi connectivity index (χ2v) is 10.4. The molecule has 0 bridgehead atoms. The molecule has 12 heteroatoms. The number of aromatic nitrogens is 2. The summed E-state index contributed by atoms with van der Waals surface area (Å²) in [7, 11) is -0.906. The Labute approximate surface area is 197 Å². The van der Waals surface area contributed by atoms with Crippen LogP contribution in [0.15, 0.2) is 20.1 Å². The number of hydrogen-bond donors (Lipinski definition) is 3. The van der Waals surface area contributed by atoms with Crippen molar-refractivity contribution < 1.29 is 17.9 Å². The molecule has 3 heterocycles. The number of sulfonamides is 1. The highest BCUT2D eigenvalue weighted by Gasteiger charge is 2.26. The van der Waals surface area contributed by atoms with Crippen LogP contribution in [0.4, 0.5) is 17.3 Å². The van der Waals surface area contributed by atoms with Gasteiger partial charge < -0.3 is 20.2 Å². The van der Waals surface area contributed by atoms with Gasteiger partial charge in [-0.2, -0.15) is 8.75 Å². The van der Waals surface area contributed by atoms with E-state index in [-0.39, 0.29) is 15.6 Å². The molecule has 3 aromatic heterocycles. The molecule has 0 aromatic carbocycles. The monoisotopic (exact) mass is 499 g/mol. The van der Waals surface area contributed by atoms with Crippen LogP contribution in [-0.2, 0) is 16.6 Å². The maximum atomic E-state index is 12.2. The van der Waals surface area contributed by atoms with Crippen molar-refractivity contribution in [2.45, 2.75) is 44.9 Å². The maximum absolute atomic E-state index is 12.2. The van der Waals surface area contributed by atoms with E-state index in [1.54, 1.807) is 0 Å². The SMILES string of the molecule is C#C.CCC.Cc1cc(CNc2nsnc2Nc2csc(S(=O)(=O)N(C)C)c2O)oc1C. The summed E-state index contributed by atoms with van der Waals surface area (Å²) in [6, 6.07) is 1.94. The number of aromatic hydroxyl groups is 1. The average Bonchev–Trinajstić information content (AvgIpc) is 3.43. The summed E-state index contributed by atoms with van der Waals surface area (Å²) < 4.78 is 39.3. The van der Waals surface area contributed by atoms with Crippen molar-refractivity contribution in [3.05, 3.63) is 28.5 Å². The first-order valence-corrected chi connectivity index (χ1v) is 12.6. The van der Waals surface area contributed by atoms with Crippen LogP contribution in [0.25, 0.3) is 0 Å². The van der Waals surface area contributed by atoms with E-state index < -0.39 is 10.0 Å². The van der Waals surface area contributed by atoms with Crippen LogP contribution >= 0.6 is 23.1 Å². The largest absolute Gasteiger partial charge is 0.504 e. The Morgan fingerprint density at radius 2 is 1.78 bits per heavy atom. The zero-order valence-corrected chi connectivity index (χ0v) is 21.4. The fraction of sp³-hybridized carbons (Fsp3) is 0.400. The van der Waals surface area contributed by atoms with Crippen molar-refractivity contribution in [2.75, 3.05) is 24.7 Å². The third kappa shape index (κ3) is 6.70. The molecule has 0 fully saturated rings. The van der Waals surface area contributed by atoms with Crippen molar-refractivity contribution in [3.8, 4) is 18.6 Å². The number of rotatable bonds is 7. The van der Waals surface area contributed by atoms with Crippen LogP contribution in [0, 0.1) is 26.7 Å². The van der Waals surface area contributed by atoms with Gasteiger partial charge in [-0.05, 0) is 25.5 Å². The highest BCUT2D eigenvalue weighted by atomic mass is 32.2. The predicted octanol–water partition coefficient (Wildman–Crippen LogP) is 4.79. The molecule has 3 aromatic rings. The van der Waals surface area contributed by atoms with Gasteiger partial charge in [-0.3, -0.25) is 0 Å². The van der Waals surface area contributed by atoms with Crippen LogP contribution in [0.3, 0.4) is 0 Å². The molecule has 0 amide bonds. The third-order valence-corrected chi connectivity index (χ3v) is 7.67. The van der Waals surface area contributed by atoms with Gasteiger partial charge >= 0.3 is 0 Å². The van der Waals surface area contributed by atoms with E-state index in [1.165, 1.54) is 25.9 Å². The summed E-state index contributed by atoms with van der Waals surface area (Å²) in [5, 5.41) is 17.9. The zero-order valence-electron chi connectivity index (χ0n) is 19.0. The molecule has 0 unspecified atom stereocenters. The van der Waals surface area contributed by atoms with E-state index in [4.69, 9.17) is 4.42 Å². The molecule has 0 aliphatic carbocycles. The number of hydrogen-bond acceptors (Lipinski definition) is 10. The first kappa shape index (κ1) is 27.4. The van der Waals surface area contributed by atoms with Crippen LogP contribution < -0.4 is 10.6 Å². The Hall–Kier alpha value is -2.59.